The quantitative estimate of drug-likeness (QED) is 0.848. The van der Waals surface area contributed by atoms with E-state index in [1.807, 2.05) is 6.92 Å². The molecular formula is C18H26FN3O. The molecule has 0 aliphatic carbocycles. The fourth-order valence-electron chi connectivity index (χ4n) is 2.62. The van der Waals surface area contributed by atoms with Crippen molar-refractivity contribution in [2.75, 3.05) is 38.0 Å². The van der Waals surface area contributed by atoms with E-state index >= 15 is 0 Å². The molecule has 5 heteroatoms. The van der Waals surface area contributed by atoms with Crippen molar-refractivity contribution in [3.8, 4) is 0 Å². The minimum Gasteiger partial charge on any atom is -0.325 e. The SMILES string of the molecule is CC(C)=CCN1CCN([C@@H](C)C(=O)Nc2cccc(F)c2)CC1. The third-order valence-corrected chi connectivity index (χ3v) is 4.18. The van der Waals surface area contributed by atoms with Crippen LogP contribution in [0.4, 0.5) is 10.1 Å². The van der Waals surface area contributed by atoms with Crippen molar-refractivity contribution in [2.45, 2.75) is 26.8 Å². The van der Waals surface area contributed by atoms with Gasteiger partial charge in [0.15, 0.2) is 0 Å². The number of hydrogen-bond donors (Lipinski definition) is 1. The number of rotatable bonds is 5. The zero-order valence-corrected chi connectivity index (χ0v) is 14.2. The maximum atomic E-state index is 13.2. The number of carbonyl (C=O) groups excluding carboxylic acids is 1. The number of nitrogens with one attached hydrogen (secondary N) is 1. The molecule has 0 spiro atoms. The predicted octanol–water partition coefficient (Wildman–Crippen LogP) is 2.74. The average Bonchev–Trinajstić information content (AvgIpc) is 2.52. The lowest BCUT2D eigenvalue weighted by Crippen LogP contribution is -2.52. The summed E-state index contributed by atoms with van der Waals surface area (Å²) in [5.74, 6) is -0.434. The van der Waals surface area contributed by atoms with Crippen LogP contribution < -0.4 is 5.32 Å². The molecule has 126 valence electrons. The zero-order valence-electron chi connectivity index (χ0n) is 14.2. The van der Waals surface area contributed by atoms with Gasteiger partial charge in [0.05, 0.1) is 6.04 Å². The first-order valence-electron chi connectivity index (χ1n) is 8.12. The van der Waals surface area contributed by atoms with Crippen molar-refractivity contribution in [3.05, 3.63) is 41.7 Å². The maximum Gasteiger partial charge on any atom is 0.241 e. The fourth-order valence-corrected chi connectivity index (χ4v) is 2.62. The largest absolute Gasteiger partial charge is 0.325 e. The monoisotopic (exact) mass is 319 g/mol. The smallest absolute Gasteiger partial charge is 0.241 e. The molecule has 0 bridgehead atoms. The van der Waals surface area contributed by atoms with Crippen LogP contribution in [0.15, 0.2) is 35.9 Å². The first-order valence-corrected chi connectivity index (χ1v) is 8.12. The second-order valence-electron chi connectivity index (χ2n) is 6.29. The summed E-state index contributed by atoms with van der Waals surface area (Å²) in [5.41, 5.74) is 1.83. The molecule has 1 atom stereocenters. The summed E-state index contributed by atoms with van der Waals surface area (Å²) >= 11 is 0. The van der Waals surface area contributed by atoms with Gasteiger partial charge in [-0.2, -0.15) is 0 Å². The van der Waals surface area contributed by atoms with E-state index < -0.39 is 0 Å². The van der Waals surface area contributed by atoms with Gasteiger partial charge in [-0.3, -0.25) is 14.6 Å². The Morgan fingerprint density at radius 3 is 2.61 bits per heavy atom. The highest BCUT2D eigenvalue weighted by Gasteiger charge is 2.25. The van der Waals surface area contributed by atoms with Gasteiger partial charge in [-0.1, -0.05) is 17.7 Å². The number of allylic oxidation sites excluding steroid dienone is 1. The van der Waals surface area contributed by atoms with Crippen LogP contribution >= 0.6 is 0 Å². The van der Waals surface area contributed by atoms with Gasteiger partial charge in [-0.05, 0) is 39.0 Å². The first-order chi connectivity index (χ1) is 11.0. The third-order valence-electron chi connectivity index (χ3n) is 4.18. The molecule has 0 unspecified atom stereocenters. The second-order valence-corrected chi connectivity index (χ2v) is 6.29. The number of nitrogens with zero attached hydrogens (tertiary/aromatic N) is 2. The van der Waals surface area contributed by atoms with Crippen LogP contribution in [0.1, 0.15) is 20.8 Å². The number of hydrogen-bond acceptors (Lipinski definition) is 3. The molecule has 1 aliphatic rings. The minimum absolute atomic E-state index is 0.0895. The molecule has 1 amide bonds. The topological polar surface area (TPSA) is 35.6 Å². The highest BCUT2D eigenvalue weighted by Crippen LogP contribution is 2.12. The zero-order chi connectivity index (χ0) is 16.8. The Kier molecular flexibility index (Phi) is 6.30. The molecule has 0 aromatic heterocycles. The summed E-state index contributed by atoms with van der Waals surface area (Å²) in [6.45, 7) is 10.7. The van der Waals surface area contributed by atoms with E-state index in [2.05, 4.69) is 35.0 Å². The van der Waals surface area contributed by atoms with Gasteiger partial charge in [0.1, 0.15) is 5.82 Å². The second kappa shape index (κ2) is 8.22. The van der Waals surface area contributed by atoms with Crippen molar-refractivity contribution in [1.29, 1.82) is 0 Å². The summed E-state index contributed by atoms with van der Waals surface area (Å²) in [6.07, 6.45) is 2.23. The molecule has 1 heterocycles. The summed E-state index contributed by atoms with van der Waals surface area (Å²) < 4.78 is 13.2. The van der Waals surface area contributed by atoms with E-state index in [9.17, 15) is 9.18 Å². The first kappa shape index (κ1) is 17.6. The number of piperazine rings is 1. The molecule has 1 fully saturated rings. The Labute approximate surface area is 138 Å². The van der Waals surface area contributed by atoms with Crippen LogP contribution in [-0.2, 0) is 4.79 Å². The fraction of sp³-hybridized carbons (Fsp3) is 0.500. The molecule has 23 heavy (non-hydrogen) atoms. The number of amides is 1. The number of benzene rings is 1. The van der Waals surface area contributed by atoms with Crippen molar-refractivity contribution in [1.82, 2.24) is 9.80 Å². The molecule has 1 aromatic rings. The lowest BCUT2D eigenvalue weighted by atomic mass is 10.2. The van der Waals surface area contributed by atoms with Gasteiger partial charge in [0.25, 0.3) is 0 Å². The molecule has 0 radical (unpaired) electrons. The lowest BCUT2D eigenvalue weighted by Gasteiger charge is -2.37. The van der Waals surface area contributed by atoms with Crippen LogP contribution in [0.5, 0.6) is 0 Å². The van der Waals surface area contributed by atoms with Gasteiger partial charge in [0.2, 0.25) is 5.91 Å². The third kappa shape index (κ3) is 5.44. The van der Waals surface area contributed by atoms with Crippen LogP contribution in [0.3, 0.4) is 0 Å². The van der Waals surface area contributed by atoms with Gasteiger partial charge < -0.3 is 5.32 Å². The number of carbonyl (C=O) groups is 1. The maximum absolute atomic E-state index is 13.2. The van der Waals surface area contributed by atoms with E-state index in [4.69, 9.17) is 0 Å². The van der Waals surface area contributed by atoms with E-state index in [1.165, 1.54) is 17.7 Å². The van der Waals surface area contributed by atoms with E-state index in [0.717, 1.165) is 32.7 Å². The normalized spacial score (nSPS) is 17.6. The molecule has 1 N–H and O–H groups in total. The van der Waals surface area contributed by atoms with Crippen LogP contribution in [0.25, 0.3) is 0 Å². The van der Waals surface area contributed by atoms with Crippen LogP contribution in [-0.4, -0.2) is 54.5 Å². The van der Waals surface area contributed by atoms with Gasteiger partial charge in [0, 0.05) is 38.4 Å². The molecule has 4 nitrogen and oxygen atoms in total. The lowest BCUT2D eigenvalue weighted by molar-refractivity contribution is -0.121. The average molecular weight is 319 g/mol. The standard InChI is InChI=1S/C18H26FN3O/c1-14(2)7-8-21-9-11-22(12-10-21)15(3)18(23)20-17-6-4-5-16(19)13-17/h4-7,13,15H,8-12H2,1-3H3,(H,20,23)/t15-/m0/s1. The number of anilines is 1. The Morgan fingerprint density at radius 2 is 2.00 bits per heavy atom. The molecular weight excluding hydrogens is 293 g/mol. The van der Waals surface area contributed by atoms with E-state index in [0.29, 0.717) is 5.69 Å². The van der Waals surface area contributed by atoms with Crippen molar-refractivity contribution >= 4 is 11.6 Å². The molecule has 0 saturated carbocycles. The van der Waals surface area contributed by atoms with Crippen LogP contribution in [0.2, 0.25) is 0 Å². The Morgan fingerprint density at radius 1 is 1.30 bits per heavy atom. The summed E-state index contributed by atoms with van der Waals surface area (Å²) in [6, 6.07) is 5.78. The van der Waals surface area contributed by atoms with E-state index in [1.54, 1.807) is 12.1 Å². The Hall–Kier alpha value is -1.72. The van der Waals surface area contributed by atoms with Gasteiger partial charge in [-0.25, -0.2) is 4.39 Å². The van der Waals surface area contributed by atoms with Crippen molar-refractivity contribution in [3.63, 3.8) is 0 Å². The van der Waals surface area contributed by atoms with Crippen molar-refractivity contribution in [2.24, 2.45) is 0 Å². The molecule has 1 saturated heterocycles. The summed E-state index contributed by atoms with van der Waals surface area (Å²) in [7, 11) is 0. The highest BCUT2D eigenvalue weighted by molar-refractivity contribution is 5.94. The van der Waals surface area contributed by atoms with Gasteiger partial charge >= 0.3 is 0 Å². The summed E-state index contributed by atoms with van der Waals surface area (Å²) in [4.78, 5) is 16.9. The predicted molar refractivity (Wildman–Crippen MR) is 91.9 cm³/mol. The van der Waals surface area contributed by atoms with Crippen molar-refractivity contribution < 1.29 is 9.18 Å². The molecule has 2 rings (SSSR count). The Bertz CT molecular complexity index is 561. The number of halogens is 1. The highest BCUT2D eigenvalue weighted by atomic mass is 19.1. The van der Waals surface area contributed by atoms with E-state index in [-0.39, 0.29) is 17.8 Å². The van der Waals surface area contributed by atoms with Crippen LogP contribution in [0, 0.1) is 5.82 Å². The van der Waals surface area contributed by atoms with Gasteiger partial charge in [-0.15, -0.1) is 0 Å². The Balaban J connectivity index is 1.83. The molecule has 1 aliphatic heterocycles. The minimum atomic E-state index is -0.344. The summed E-state index contributed by atoms with van der Waals surface area (Å²) in [5, 5.41) is 2.79. The molecule has 1 aromatic carbocycles.